The standard InChI is InChI=1S/C20H36INO6/c1-2-3-5-12-22(20(24)28-21)13-9-10-18(23)17-25-14-7-8-16-27-19-11-4-6-15-26-19/h2,18-19,23H,1,3-17H2. The number of nitrogens with zero attached hydrogens (tertiary/aromatic N) is 1. The van der Waals surface area contributed by atoms with E-state index >= 15 is 0 Å². The second kappa shape index (κ2) is 17.4. The molecule has 0 aromatic rings. The van der Waals surface area contributed by atoms with E-state index in [4.69, 9.17) is 17.3 Å². The largest absolute Gasteiger partial charge is 0.419 e. The molecule has 1 fully saturated rings. The highest BCUT2D eigenvalue weighted by Crippen LogP contribution is 2.14. The molecule has 1 aliphatic heterocycles. The van der Waals surface area contributed by atoms with Crippen LogP contribution in [0.3, 0.4) is 0 Å². The summed E-state index contributed by atoms with van der Waals surface area (Å²) in [7, 11) is 0. The SMILES string of the molecule is C=CCCCN(CCCC(O)COCCCCOC1CCCCO1)C(=O)OI. The minimum atomic E-state index is -0.516. The minimum Gasteiger partial charge on any atom is -0.391 e. The third-order valence-electron chi connectivity index (χ3n) is 4.56. The van der Waals surface area contributed by atoms with Crippen molar-refractivity contribution in [3.05, 3.63) is 12.7 Å². The lowest BCUT2D eigenvalue weighted by molar-refractivity contribution is -0.163. The second-order valence-electron chi connectivity index (χ2n) is 7.01. The molecule has 0 bridgehead atoms. The van der Waals surface area contributed by atoms with Crippen LogP contribution < -0.4 is 0 Å². The van der Waals surface area contributed by atoms with Gasteiger partial charge in [0.15, 0.2) is 29.3 Å². The lowest BCUT2D eigenvalue weighted by atomic mass is 10.2. The Morgan fingerprint density at radius 2 is 2.04 bits per heavy atom. The number of halogens is 1. The Balaban J connectivity index is 1.98. The molecule has 1 amide bonds. The molecule has 1 N–H and O–H groups in total. The molecule has 8 heteroatoms. The predicted molar refractivity (Wildman–Crippen MR) is 116 cm³/mol. The predicted octanol–water partition coefficient (Wildman–Crippen LogP) is 4.22. The van der Waals surface area contributed by atoms with E-state index in [1.165, 1.54) is 6.42 Å². The molecule has 1 saturated heterocycles. The number of carbonyl (C=O) groups is 1. The van der Waals surface area contributed by atoms with E-state index in [1.54, 1.807) is 27.9 Å². The molecule has 164 valence electrons. The highest BCUT2D eigenvalue weighted by atomic mass is 127. The van der Waals surface area contributed by atoms with Crippen molar-refractivity contribution in [1.82, 2.24) is 4.90 Å². The fourth-order valence-corrected chi connectivity index (χ4v) is 3.23. The zero-order chi connectivity index (χ0) is 20.5. The average Bonchev–Trinajstić information content (AvgIpc) is 2.72. The van der Waals surface area contributed by atoms with Gasteiger partial charge in [0.25, 0.3) is 0 Å². The summed E-state index contributed by atoms with van der Waals surface area (Å²) in [4.78, 5) is 13.4. The number of hydrogen-bond acceptors (Lipinski definition) is 6. The summed E-state index contributed by atoms with van der Waals surface area (Å²) >= 11 is 1.60. The molecule has 2 atom stereocenters. The molecule has 0 spiro atoms. The fraction of sp³-hybridized carbons (Fsp3) is 0.850. The van der Waals surface area contributed by atoms with Gasteiger partial charge < -0.3 is 27.3 Å². The Hall–Kier alpha value is -0.420. The van der Waals surface area contributed by atoms with Gasteiger partial charge in [-0.25, -0.2) is 4.79 Å². The van der Waals surface area contributed by atoms with E-state index in [-0.39, 0.29) is 12.4 Å². The van der Waals surface area contributed by atoms with Crippen LogP contribution in [0, 0.1) is 0 Å². The van der Waals surface area contributed by atoms with Crippen LogP contribution in [0.1, 0.15) is 57.8 Å². The summed E-state index contributed by atoms with van der Waals surface area (Å²) in [5.74, 6) is 0. The minimum absolute atomic E-state index is 0.0303. The summed E-state index contributed by atoms with van der Waals surface area (Å²) in [5.41, 5.74) is 0. The highest BCUT2D eigenvalue weighted by molar-refractivity contribution is 14.1. The molecule has 0 saturated carbocycles. The molecular weight excluding hydrogens is 477 g/mol. The maximum absolute atomic E-state index is 11.7. The lowest BCUT2D eigenvalue weighted by Gasteiger charge is -2.22. The molecule has 0 aromatic heterocycles. The lowest BCUT2D eigenvalue weighted by Crippen LogP contribution is -2.32. The van der Waals surface area contributed by atoms with Gasteiger partial charge in [-0.3, -0.25) is 0 Å². The Labute approximate surface area is 183 Å². The van der Waals surface area contributed by atoms with Gasteiger partial charge in [0.2, 0.25) is 0 Å². The Morgan fingerprint density at radius 1 is 1.25 bits per heavy atom. The van der Waals surface area contributed by atoms with Crippen molar-refractivity contribution >= 4 is 29.1 Å². The van der Waals surface area contributed by atoms with Crippen molar-refractivity contribution < 1.29 is 27.2 Å². The van der Waals surface area contributed by atoms with E-state index in [9.17, 15) is 9.90 Å². The van der Waals surface area contributed by atoms with Crippen LogP contribution in [0.15, 0.2) is 12.7 Å². The summed E-state index contributed by atoms with van der Waals surface area (Å²) in [6.45, 7) is 7.30. The van der Waals surface area contributed by atoms with Crippen LogP contribution in [0.5, 0.6) is 0 Å². The van der Waals surface area contributed by atoms with Gasteiger partial charge in [-0.2, -0.15) is 0 Å². The summed E-state index contributed by atoms with van der Waals surface area (Å²) in [5, 5.41) is 10.0. The van der Waals surface area contributed by atoms with Crippen LogP contribution in [0.4, 0.5) is 4.79 Å². The monoisotopic (exact) mass is 513 g/mol. The third-order valence-corrected chi connectivity index (χ3v) is 4.94. The van der Waals surface area contributed by atoms with Crippen molar-refractivity contribution in [2.24, 2.45) is 0 Å². The number of carbonyl (C=O) groups excluding carboxylic acids is 1. The van der Waals surface area contributed by atoms with Gasteiger partial charge in [-0.1, -0.05) is 6.08 Å². The maximum atomic E-state index is 11.7. The Kier molecular flexibility index (Phi) is 16.0. The van der Waals surface area contributed by atoms with Crippen molar-refractivity contribution in [3.63, 3.8) is 0 Å². The van der Waals surface area contributed by atoms with Gasteiger partial charge in [-0.15, -0.1) is 6.58 Å². The molecule has 2 unspecified atom stereocenters. The van der Waals surface area contributed by atoms with Crippen molar-refractivity contribution in [1.29, 1.82) is 0 Å². The Morgan fingerprint density at radius 3 is 2.75 bits per heavy atom. The fourth-order valence-electron chi connectivity index (χ4n) is 2.95. The van der Waals surface area contributed by atoms with Gasteiger partial charge >= 0.3 is 6.09 Å². The van der Waals surface area contributed by atoms with Crippen molar-refractivity contribution in [2.45, 2.75) is 70.2 Å². The smallest absolute Gasteiger partial charge is 0.391 e. The van der Waals surface area contributed by atoms with E-state index in [0.717, 1.165) is 45.1 Å². The van der Waals surface area contributed by atoms with E-state index in [2.05, 4.69) is 6.58 Å². The summed E-state index contributed by atoms with van der Waals surface area (Å²) in [6.07, 6.45) is 9.10. The van der Waals surface area contributed by atoms with Gasteiger partial charge in [0.05, 0.1) is 12.7 Å². The Bertz CT molecular complexity index is 406. The first-order chi connectivity index (χ1) is 13.7. The molecule has 28 heavy (non-hydrogen) atoms. The highest BCUT2D eigenvalue weighted by Gasteiger charge is 2.15. The average molecular weight is 513 g/mol. The molecule has 7 nitrogen and oxygen atoms in total. The molecule has 1 heterocycles. The van der Waals surface area contributed by atoms with Crippen LogP contribution in [0.2, 0.25) is 0 Å². The van der Waals surface area contributed by atoms with E-state index in [1.807, 2.05) is 6.08 Å². The molecular formula is C20H36INO6. The number of ether oxygens (including phenoxy) is 3. The molecule has 0 radical (unpaired) electrons. The summed E-state index contributed by atoms with van der Waals surface area (Å²) in [6, 6.07) is 0. The summed E-state index contributed by atoms with van der Waals surface area (Å²) < 4.78 is 21.5. The van der Waals surface area contributed by atoms with Crippen LogP contribution in [-0.2, 0) is 17.3 Å². The number of aliphatic hydroxyl groups excluding tert-OH is 1. The van der Waals surface area contributed by atoms with Crippen LogP contribution in [-0.4, -0.2) is 68.0 Å². The first-order valence-corrected chi connectivity index (χ1v) is 11.2. The molecule has 1 aliphatic rings. The van der Waals surface area contributed by atoms with Crippen molar-refractivity contribution in [3.8, 4) is 0 Å². The molecule has 1 rings (SSSR count). The second-order valence-corrected chi connectivity index (χ2v) is 7.45. The van der Waals surface area contributed by atoms with Gasteiger partial charge in [-0.05, 0) is 57.8 Å². The van der Waals surface area contributed by atoms with Crippen LogP contribution >= 0.6 is 23.0 Å². The molecule has 0 aliphatic carbocycles. The first-order valence-electron chi connectivity index (χ1n) is 10.3. The number of aliphatic hydroxyl groups is 1. The zero-order valence-corrected chi connectivity index (χ0v) is 19.0. The number of amides is 1. The topological polar surface area (TPSA) is 77.5 Å². The van der Waals surface area contributed by atoms with E-state index in [0.29, 0.717) is 45.8 Å². The zero-order valence-electron chi connectivity index (χ0n) is 16.9. The quantitative estimate of drug-likeness (QED) is 0.189. The number of hydrogen-bond donors (Lipinski definition) is 1. The normalized spacial score (nSPS) is 17.9. The number of unbranched alkanes of at least 4 members (excludes halogenated alkanes) is 2. The van der Waals surface area contributed by atoms with Crippen molar-refractivity contribution in [2.75, 3.05) is 39.5 Å². The first kappa shape index (κ1) is 25.6. The van der Waals surface area contributed by atoms with Gasteiger partial charge in [0, 0.05) is 32.9 Å². The van der Waals surface area contributed by atoms with E-state index < -0.39 is 6.10 Å². The third kappa shape index (κ3) is 12.9. The maximum Gasteiger partial charge on any atom is 0.419 e. The number of allylic oxidation sites excluding steroid dienone is 1. The van der Waals surface area contributed by atoms with Gasteiger partial charge in [0.1, 0.15) is 0 Å². The van der Waals surface area contributed by atoms with Crippen LogP contribution in [0.25, 0.3) is 0 Å². The number of rotatable bonds is 16. The molecule has 0 aromatic carbocycles.